The third-order valence-electron chi connectivity index (χ3n) is 15.7. The van der Waals surface area contributed by atoms with E-state index < -0.39 is 97.5 Å². The summed E-state index contributed by atoms with van der Waals surface area (Å²) in [5, 5.41) is 10.6. The van der Waals surface area contributed by atoms with Gasteiger partial charge < -0.3 is 33.8 Å². The molecule has 0 amide bonds. The first kappa shape index (κ1) is 85.1. The van der Waals surface area contributed by atoms with Gasteiger partial charge in [0.2, 0.25) is 0 Å². The molecule has 0 radical (unpaired) electrons. The number of hydrogen-bond acceptors (Lipinski definition) is 15. The molecule has 5 atom stereocenters. The highest BCUT2D eigenvalue weighted by atomic mass is 31.2. The SMILES string of the molecule is CCCCCCCCCCCCCCC(=O)OC[C@H](COP(=O)(O)OC[C@@H](O)COP(=O)(O)OC[C@@H](COC(=O)CCCCCCCCC(C)C)OC(=O)CCCCCCCCCCCCC)OC(=O)CCCCCCCCCCCCCCC(C)C. The van der Waals surface area contributed by atoms with Crippen molar-refractivity contribution < 1.29 is 80.2 Å². The van der Waals surface area contributed by atoms with Crippen molar-refractivity contribution in [2.45, 2.75) is 362 Å². The number of unbranched alkanes of at least 4 members (excludes halogenated alkanes) is 37. The van der Waals surface area contributed by atoms with E-state index in [1.807, 2.05) is 0 Å². The molecule has 0 aliphatic heterocycles. The Labute approximate surface area is 530 Å². The summed E-state index contributed by atoms with van der Waals surface area (Å²) in [5.41, 5.74) is 0. The molecule has 0 bridgehead atoms. The van der Waals surface area contributed by atoms with Crippen molar-refractivity contribution in [2.24, 2.45) is 11.8 Å². The number of phosphoric ester groups is 2. The maximum atomic E-state index is 13.0. The molecule has 0 fully saturated rings. The largest absolute Gasteiger partial charge is 0.472 e. The van der Waals surface area contributed by atoms with E-state index in [0.717, 1.165) is 102 Å². The fraction of sp³-hybridized carbons (Fsp3) is 0.941. The van der Waals surface area contributed by atoms with Gasteiger partial charge in [-0.1, -0.05) is 292 Å². The first-order chi connectivity index (χ1) is 41.9. The lowest BCUT2D eigenvalue weighted by atomic mass is 10.0. The summed E-state index contributed by atoms with van der Waals surface area (Å²) in [6.07, 6.45) is 44.4. The third kappa shape index (κ3) is 62.6. The number of carbonyl (C=O) groups is 4. The predicted molar refractivity (Wildman–Crippen MR) is 349 cm³/mol. The first-order valence-corrected chi connectivity index (χ1v) is 38.5. The van der Waals surface area contributed by atoms with Crippen molar-refractivity contribution in [3.05, 3.63) is 0 Å². The second kappa shape index (κ2) is 60.3. The van der Waals surface area contributed by atoms with Crippen LogP contribution in [0.3, 0.4) is 0 Å². The average molecular weight is 1280 g/mol. The van der Waals surface area contributed by atoms with Gasteiger partial charge in [0, 0.05) is 25.7 Å². The van der Waals surface area contributed by atoms with Gasteiger partial charge in [-0.15, -0.1) is 0 Å². The zero-order valence-corrected chi connectivity index (χ0v) is 58.1. The summed E-state index contributed by atoms with van der Waals surface area (Å²) >= 11 is 0. The van der Waals surface area contributed by atoms with Crippen LogP contribution in [0.4, 0.5) is 0 Å². The Bertz CT molecular complexity index is 1700. The van der Waals surface area contributed by atoms with Crippen molar-refractivity contribution in [1.82, 2.24) is 0 Å². The summed E-state index contributed by atoms with van der Waals surface area (Å²) in [4.78, 5) is 72.4. The second-order valence-electron chi connectivity index (χ2n) is 25.5. The molecule has 0 aromatic rings. The summed E-state index contributed by atoms with van der Waals surface area (Å²) in [7, 11) is -9.89. The Morgan fingerprint density at radius 1 is 0.310 bits per heavy atom. The Balaban J connectivity index is 5.24. The van der Waals surface area contributed by atoms with Crippen molar-refractivity contribution in [1.29, 1.82) is 0 Å². The molecular formula is C68H132O17P2. The number of ether oxygens (including phenoxy) is 4. The van der Waals surface area contributed by atoms with E-state index >= 15 is 0 Å². The van der Waals surface area contributed by atoms with Crippen LogP contribution in [0.1, 0.15) is 343 Å². The second-order valence-corrected chi connectivity index (χ2v) is 28.4. The summed E-state index contributed by atoms with van der Waals surface area (Å²) < 4.78 is 68.2. The number of phosphoric acid groups is 2. The van der Waals surface area contributed by atoms with Crippen LogP contribution >= 0.6 is 15.6 Å². The maximum Gasteiger partial charge on any atom is 0.472 e. The molecule has 516 valence electrons. The maximum absolute atomic E-state index is 13.0. The van der Waals surface area contributed by atoms with Crippen molar-refractivity contribution >= 4 is 39.5 Å². The molecular weight excluding hydrogens is 1150 g/mol. The van der Waals surface area contributed by atoms with Gasteiger partial charge in [0.15, 0.2) is 12.2 Å². The van der Waals surface area contributed by atoms with Crippen LogP contribution in [0, 0.1) is 11.8 Å². The summed E-state index contributed by atoms with van der Waals surface area (Å²) in [6, 6.07) is 0. The summed E-state index contributed by atoms with van der Waals surface area (Å²) in [6.45, 7) is 9.46. The van der Waals surface area contributed by atoms with E-state index in [9.17, 15) is 43.2 Å². The lowest BCUT2D eigenvalue weighted by Crippen LogP contribution is -2.30. The Morgan fingerprint density at radius 2 is 0.529 bits per heavy atom. The van der Waals surface area contributed by atoms with Crippen LogP contribution in [0.25, 0.3) is 0 Å². The molecule has 0 saturated carbocycles. The lowest BCUT2D eigenvalue weighted by Gasteiger charge is -2.21. The minimum absolute atomic E-state index is 0.106. The molecule has 0 heterocycles. The van der Waals surface area contributed by atoms with E-state index in [2.05, 4.69) is 41.5 Å². The first-order valence-electron chi connectivity index (χ1n) is 35.5. The molecule has 0 aliphatic carbocycles. The van der Waals surface area contributed by atoms with Gasteiger partial charge in [0.05, 0.1) is 26.4 Å². The molecule has 0 saturated heterocycles. The van der Waals surface area contributed by atoms with Gasteiger partial charge in [-0.2, -0.15) is 0 Å². The van der Waals surface area contributed by atoms with Gasteiger partial charge in [-0.05, 0) is 37.5 Å². The molecule has 0 spiro atoms. The quantitative estimate of drug-likeness (QED) is 0.0222. The average Bonchev–Trinajstić information content (AvgIpc) is 3.70. The van der Waals surface area contributed by atoms with Gasteiger partial charge in [-0.3, -0.25) is 37.3 Å². The number of aliphatic hydroxyl groups excluding tert-OH is 1. The monoisotopic (exact) mass is 1280 g/mol. The standard InChI is InChI=1S/C68H132O17P2/c1-7-9-11-13-15-17-19-24-27-31-38-44-50-65(70)78-56-63(84-68(73)53-47-41-33-29-25-21-20-23-26-30-36-42-48-60(3)4)58-82-86(74,75)80-54-62(69)55-81-87(76,77)83-59-64(57-79-66(71)51-45-39-35-34-37-43-49-61(5)6)85-67(72)52-46-40-32-28-22-18-16-14-12-10-8-2/h60-64,69H,7-59H2,1-6H3,(H,74,75)(H,76,77)/t62-,63-,64-/m1/s1. The number of esters is 4. The van der Waals surface area contributed by atoms with Crippen LogP contribution in [0.15, 0.2) is 0 Å². The topological polar surface area (TPSA) is 237 Å². The Kier molecular flexibility index (Phi) is 59.0. The molecule has 2 unspecified atom stereocenters. The molecule has 19 heteroatoms. The number of hydrogen-bond donors (Lipinski definition) is 3. The highest BCUT2D eigenvalue weighted by Gasteiger charge is 2.30. The smallest absolute Gasteiger partial charge is 0.462 e. The van der Waals surface area contributed by atoms with Gasteiger partial charge in [0.25, 0.3) is 0 Å². The zero-order chi connectivity index (χ0) is 64.3. The number of rotatable bonds is 67. The highest BCUT2D eigenvalue weighted by Crippen LogP contribution is 2.45. The molecule has 17 nitrogen and oxygen atoms in total. The van der Waals surface area contributed by atoms with Crippen LogP contribution in [-0.2, 0) is 65.4 Å². The molecule has 87 heavy (non-hydrogen) atoms. The van der Waals surface area contributed by atoms with Crippen LogP contribution in [-0.4, -0.2) is 96.7 Å². The highest BCUT2D eigenvalue weighted by molar-refractivity contribution is 7.47. The van der Waals surface area contributed by atoms with Crippen LogP contribution in [0.2, 0.25) is 0 Å². The van der Waals surface area contributed by atoms with Crippen LogP contribution in [0.5, 0.6) is 0 Å². The number of aliphatic hydroxyl groups is 1. The molecule has 0 aromatic carbocycles. The Morgan fingerprint density at radius 3 is 0.782 bits per heavy atom. The molecule has 3 N–H and O–H groups in total. The van der Waals surface area contributed by atoms with E-state index in [4.69, 9.17) is 37.0 Å². The van der Waals surface area contributed by atoms with Gasteiger partial charge in [-0.25, -0.2) is 9.13 Å². The van der Waals surface area contributed by atoms with E-state index in [1.54, 1.807) is 0 Å². The Hall–Kier alpha value is -1.94. The molecule has 0 aromatic heterocycles. The number of carbonyl (C=O) groups excluding carboxylic acids is 4. The van der Waals surface area contributed by atoms with Crippen molar-refractivity contribution in [3.63, 3.8) is 0 Å². The summed E-state index contributed by atoms with van der Waals surface area (Å²) in [5.74, 6) is -0.671. The van der Waals surface area contributed by atoms with Crippen molar-refractivity contribution in [2.75, 3.05) is 39.6 Å². The fourth-order valence-electron chi connectivity index (χ4n) is 10.2. The van der Waals surface area contributed by atoms with E-state index in [-0.39, 0.29) is 25.7 Å². The van der Waals surface area contributed by atoms with E-state index in [1.165, 1.54) is 154 Å². The lowest BCUT2D eigenvalue weighted by molar-refractivity contribution is -0.161. The minimum atomic E-state index is -4.95. The molecule has 0 aliphatic rings. The normalized spacial score (nSPS) is 14.2. The fourth-order valence-corrected chi connectivity index (χ4v) is 11.8. The third-order valence-corrected chi connectivity index (χ3v) is 17.6. The van der Waals surface area contributed by atoms with Crippen LogP contribution < -0.4 is 0 Å². The minimum Gasteiger partial charge on any atom is -0.462 e. The van der Waals surface area contributed by atoms with Crippen molar-refractivity contribution in [3.8, 4) is 0 Å². The van der Waals surface area contributed by atoms with Gasteiger partial charge in [0.1, 0.15) is 19.3 Å². The van der Waals surface area contributed by atoms with E-state index in [0.29, 0.717) is 31.6 Å². The zero-order valence-electron chi connectivity index (χ0n) is 56.3. The molecule has 0 rings (SSSR count). The van der Waals surface area contributed by atoms with Gasteiger partial charge >= 0.3 is 39.5 Å². The predicted octanol–water partition coefficient (Wildman–Crippen LogP) is 19.2.